The lowest BCUT2D eigenvalue weighted by Crippen LogP contribution is -2.14. The molecule has 1 N–H and O–H groups in total. The molecule has 4 aromatic rings. The Hall–Kier alpha value is -3.35. The van der Waals surface area contributed by atoms with Crippen molar-refractivity contribution in [3.63, 3.8) is 0 Å². The van der Waals surface area contributed by atoms with Crippen LogP contribution in [0.3, 0.4) is 0 Å². The van der Waals surface area contributed by atoms with Crippen molar-refractivity contribution in [2.75, 3.05) is 17.9 Å². The molecule has 0 unspecified atom stereocenters. The Morgan fingerprint density at radius 2 is 1.53 bits per heavy atom. The summed E-state index contributed by atoms with van der Waals surface area (Å²) in [7, 11) is -3.88. The van der Waals surface area contributed by atoms with Gasteiger partial charge >= 0.3 is 6.01 Å². The molecule has 0 atom stereocenters. The molecule has 0 amide bonds. The second-order valence-electron chi connectivity index (χ2n) is 7.15. The van der Waals surface area contributed by atoms with Crippen LogP contribution >= 0.6 is 31.9 Å². The lowest BCUT2D eigenvalue weighted by atomic mass is 10.1. The Morgan fingerprint density at radius 1 is 0.833 bits per heavy atom. The van der Waals surface area contributed by atoms with Crippen LogP contribution in [0.4, 0.5) is 5.82 Å². The lowest BCUT2D eigenvalue weighted by molar-refractivity contribution is 0.202. The van der Waals surface area contributed by atoms with E-state index in [1.165, 1.54) is 12.4 Å². The summed E-state index contributed by atoms with van der Waals surface area (Å²) in [5, 5.41) is 1.09. The highest BCUT2D eigenvalue weighted by molar-refractivity contribution is 9.10. The molecule has 4 rings (SSSR count). The van der Waals surface area contributed by atoms with E-state index in [9.17, 15) is 8.42 Å². The van der Waals surface area contributed by atoms with E-state index >= 15 is 0 Å². The SMILES string of the molecule is O=S(=O)(/C=C/c1ccccc1)Nc1ncnc(OCCOc2ncc(Br)cn2)c1-c1ccc(Br)cc1. The number of halogens is 2. The maximum Gasteiger partial charge on any atom is 0.316 e. The first-order chi connectivity index (χ1) is 17.4. The van der Waals surface area contributed by atoms with E-state index in [2.05, 4.69) is 56.5 Å². The maximum absolute atomic E-state index is 12.8. The number of anilines is 1. The van der Waals surface area contributed by atoms with Crippen molar-refractivity contribution in [1.29, 1.82) is 0 Å². The number of aromatic nitrogens is 4. The van der Waals surface area contributed by atoms with Crippen LogP contribution in [0.15, 0.2) is 87.7 Å². The van der Waals surface area contributed by atoms with Gasteiger partial charge in [-0.25, -0.2) is 28.4 Å². The molecule has 0 aliphatic heterocycles. The summed E-state index contributed by atoms with van der Waals surface area (Å²) in [6.45, 7) is 0.256. The van der Waals surface area contributed by atoms with Crippen molar-refractivity contribution in [3.05, 3.63) is 93.2 Å². The number of ether oxygens (including phenoxy) is 2. The van der Waals surface area contributed by atoms with Gasteiger partial charge in [0, 0.05) is 16.9 Å². The first-order valence-corrected chi connectivity index (χ1v) is 13.6. The van der Waals surface area contributed by atoms with E-state index in [4.69, 9.17) is 9.47 Å². The molecule has 2 heterocycles. The van der Waals surface area contributed by atoms with Gasteiger partial charge in [0.15, 0.2) is 5.82 Å². The monoisotopic (exact) mass is 631 g/mol. The Morgan fingerprint density at radius 3 is 2.25 bits per heavy atom. The van der Waals surface area contributed by atoms with Crippen LogP contribution in [-0.2, 0) is 10.0 Å². The highest BCUT2D eigenvalue weighted by Crippen LogP contribution is 2.35. The summed E-state index contributed by atoms with van der Waals surface area (Å²) in [6.07, 6.45) is 5.88. The summed E-state index contributed by atoms with van der Waals surface area (Å²) in [6, 6.07) is 16.6. The second kappa shape index (κ2) is 12.1. The van der Waals surface area contributed by atoms with Crippen LogP contribution < -0.4 is 14.2 Å². The number of hydrogen-bond acceptors (Lipinski definition) is 8. The fourth-order valence-corrected chi connectivity index (χ4v) is 4.28. The van der Waals surface area contributed by atoms with E-state index < -0.39 is 10.0 Å². The number of nitrogens with zero attached hydrogens (tertiary/aromatic N) is 4. The minimum atomic E-state index is -3.88. The molecular formula is C24H19Br2N5O4S. The van der Waals surface area contributed by atoms with E-state index in [1.807, 2.05) is 30.3 Å². The lowest BCUT2D eigenvalue weighted by Gasteiger charge is -2.15. The fourth-order valence-electron chi connectivity index (χ4n) is 2.98. The van der Waals surface area contributed by atoms with Crippen molar-refractivity contribution >= 4 is 53.8 Å². The molecule has 0 fully saturated rings. The number of rotatable bonds is 10. The van der Waals surface area contributed by atoms with Crippen molar-refractivity contribution < 1.29 is 17.9 Å². The van der Waals surface area contributed by atoms with E-state index in [-0.39, 0.29) is 30.9 Å². The van der Waals surface area contributed by atoms with Crippen molar-refractivity contribution in [1.82, 2.24) is 19.9 Å². The van der Waals surface area contributed by atoms with Crippen LogP contribution in [-0.4, -0.2) is 41.6 Å². The van der Waals surface area contributed by atoms with Crippen LogP contribution in [0.2, 0.25) is 0 Å². The van der Waals surface area contributed by atoms with Crippen LogP contribution in [0.1, 0.15) is 5.56 Å². The van der Waals surface area contributed by atoms with E-state index in [0.29, 0.717) is 11.1 Å². The normalized spacial score (nSPS) is 11.4. The molecule has 2 aromatic carbocycles. The van der Waals surface area contributed by atoms with Crippen molar-refractivity contribution in [2.45, 2.75) is 0 Å². The highest BCUT2D eigenvalue weighted by atomic mass is 79.9. The number of sulfonamides is 1. The molecule has 0 aliphatic rings. The molecule has 0 aliphatic carbocycles. The third-order valence-corrected chi connectivity index (χ3v) is 6.48. The fraction of sp³-hybridized carbons (Fsp3) is 0.0833. The zero-order chi connectivity index (χ0) is 25.4. The predicted octanol–water partition coefficient (Wildman–Crippen LogP) is 5.33. The smallest absolute Gasteiger partial charge is 0.316 e. The van der Waals surface area contributed by atoms with Gasteiger partial charge in [-0.15, -0.1) is 0 Å². The molecule has 0 saturated heterocycles. The summed E-state index contributed by atoms with van der Waals surface area (Å²) >= 11 is 6.68. The number of nitrogens with one attached hydrogen (secondary N) is 1. The second-order valence-corrected chi connectivity index (χ2v) is 10.5. The van der Waals surface area contributed by atoms with E-state index in [0.717, 1.165) is 19.9 Å². The Balaban J connectivity index is 1.56. The summed E-state index contributed by atoms with van der Waals surface area (Å²) in [5.74, 6) is 0.273. The van der Waals surface area contributed by atoms with Crippen LogP contribution in [0, 0.1) is 0 Å². The standard InChI is InChI=1S/C24H19Br2N5O4S/c25-19-8-6-18(7-9-19)21-22(31-36(32,33)13-10-17-4-2-1-3-5-17)29-16-30-23(21)34-11-12-35-24-27-14-20(26)15-28-24/h1-10,13-16H,11-12H2,(H,29,30,31)/b13-10+. The molecule has 9 nitrogen and oxygen atoms in total. The van der Waals surface area contributed by atoms with Gasteiger partial charge in [0.25, 0.3) is 10.0 Å². The summed E-state index contributed by atoms with van der Waals surface area (Å²) < 4.78 is 41.1. The molecular weight excluding hydrogens is 614 g/mol. The zero-order valence-electron chi connectivity index (χ0n) is 18.6. The number of benzene rings is 2. The third kappa shape index (κ3) is 7.33. The molecule has 0 bridgehead atoms. The molecule has 184 valence electrons. The Bertz CT molecular complexity index is 1440. The molecule has 36 heavy (non-hydrogen) atoms. The minimum absolute atomic E-state index is 0.0807. The van der Waals surface area contributed by atoms with Gasteiger partial charge in [-0.05, 0) is 45.3 Å². The van der Waals surface area contributed by atoms with Gasteiger partial charge < -0.3 is 9.47 Å². The van der Waals surface area contributed by atoms with Crippen molar-refractivity contribution in [3.8, 4) is 23.0 Å². The van der Waals surface area contributed by atoms with Gasteiger partial charge in [0.2, 0.25) is 5.88 Å². The van der Waals surface area contributed by atoms with Gasteiger partial charge in [-0.2, -0.15) is 0 Å². The average molecular weight is 633 g/mol. The first kappa shape index (κ1) is 25.7. The predicted molar refractivity (Wildman–Crippen MR) is 144 cm³/mol. The van der Waals surface area contributed by atoms with Crippen LogP contribution in [0.25, 0.3) is 17.2 Å². The van der Waals surface area contributed by atoms with Gasteiger partial charge in [-0.3, -0.25) is 4.72 Å². The first-order valence-electron chi connectivity index (χ1n) is 10.5. The highest BCUT2D eigenvalue weighted by Gasteiger charge is 2.19. The van der Waals surface area contributed by atoms with Crippen molar-refractivity contribution in [2.24, 2.45) is 0 Å². The molecule has 0 saturated carbocycles. The van der Waals surface area contributed by atoms with Gasteiger partial charge in [0.1, 0.15) is 19.5 Å². The third-order valence-electron chi connectivity index (χ3n) is 4.57. The molecule has 2 aromatic heterocycles. The Labute approximate surface area is 225 Å². The number of hydrogen-bond donors (Lipinski definition) is 1. The summed E-state index contributed by atoms with van der Waals surface area (Å²) in [5.41, 5.74) is 1.80. The maximum atomic E-state index is 12.8. The summed E-state index contributed by atoms with van der Waals surface area (Å²) in [4.78, 5) is 16.5. The van der Waals surface area contributed by atoms with Gasteiger partial charge in [-0.1, -0.05) is 58.4 Å². The average Bonchev–Trinajstić information content (AvgIpc) is 2.88. The molecule has 12 heteroatoms. The molecule has 0 radical (unpaired) electrons. The van der Waals surface area contributed by atoms with Gasteiger partial charge in [0.05, 0.1) is 15.4 Å². The van der Waals surface area contributed by atoms with E-state index in [1.54, 1.807) is 36.7 Å². The Kier molecular flexibility index (Phi) is 8.62. The van der Waals surface area contributed by atoms with Crippen LogP contribution in [0.5, 0.6) is 11.9 Å². The largest absolute Gasteiger partial charge is 0.473 e. The minimum Gasteiger partial charge on any atom is -0.473 e. The quantitative estimate of drug-likeness (QED) is 0.233. The topological polar surface area (TPSA) is 116 Å². The zero-order valence-corrected chi connectivity index (χ0v) is 22.6. The molecule has 0 spiro atoms.